The van der Waals surface area contributed by atoms with Crippen LogP contribution in [0, 0.1) is 11.8 Å². The van der Waals surface area contributed by atoms with Crippen molar-refractivity contribution in [3.8, 4) is 0 Å². The maximum absolute atomic E-state index is 15.1. The lowest BCUT2D eigenvalue weighted by atomic mass is 10.00. The van der Waals surface area contributed by atoms with Crippen molar-refractivity contribution >= 4 is 89.8 Å². The zero-order valence-electron chi connectivity index (χ0n) is 85.0. The van der Waals surface area contributed by atoms with Crippen LogP contribution < -0.4 is 65.8 Å². The maximum Gasteiger partial charge on any atom is 0.446 e. The number of aldehydes is 1. The van der Waals surface area contributed by atoms with Gasteiger partial charge < -0.3 is 95.6 Å². The summed E-state index contributed by atoms with van der Waals surface area (Å²) in [6, 6.07) is 23.5. The Morgan fingerprint density at radius 3 is 1.12 bits per heavy atom. The molecule has 3 aliphatic rings. The van der Waals surface area contributed by atoms with Crippen molar-refractivity contribution < 1.29 is 155 Å². The molecule has 3 aromatic carbocycles. The third kappa shape index (κ3) is 42.6. The first-order chi connectivity index (χ1) is 70.0. The number of carboxylic acid groups (broad SMARTS) is 1. The summed E-state index contributed by atoms with van der Waals surface area (Å²) >= 11 is 0. The summed E-state index contributed by atoms with van der Waals surface area (Å²) in [5, 5.41) is 36.8. The highest BCUT2D eigenvalue weighted by Gasteiger charge is 2.61. The zero-order valence-corrected chi connectivity index (χ0v) is 85.0. The Morgan fingerprint density at radius 2 is 0.780 bits per heavy atom. The minimum absolute atomic E-state index is 0.0400. The maximum atomic E-state index is 15.1. The number of amides is 7. The van der Waals surface area contributed by atoms with Crippen LogP contribution in [0.25, 0.3) is 0 Å². The Morgan fingerprint density at radius 1 is 0.440 bits per heavy atom. The second kappa shape index (κ2) is 56.8. The van der Waals surface area contributed by atoms with Crippen LogP contribution in [0.2, 0.25) is 0 Å². The molecule has 53 heteroatoms. The fourth-order valence-electron chi connectivity index (χ4n) is 13.4. The van der Waals surface area contributed by atoms with Gasteiger partial charge in [-0.2, -0.15) is 36.9 Å². The molecule has 3 saturated heterocycles. The van der Waals surface area contributed by atoms with Crippen LogP contribution in [0.15, 0.2) is 143 Å². The molecule has 3 fully saturated rings. The lowest BCUT2D eigenvalue weighted by Gasteiger charge is -2.22. The van der Waals surface area contributed by atoms with E-state index in [1.54, 1.807) is 111 Å². The number of nitrogens with one attached hydrogen (secondary N) is 7. The monoisotopic (exact) mass is 2130 g/mol. The molecule has 150 heavy (non-hydrogen) atoms. The predicted octanol–water partition coefficient (Wildman–Crippen LogP) is 12.5. The molecule has 10 rings (SSSR count). The van der Waals surface area contributed by atoms with Crippen LogP contribution in [0.1, 0.15) is 240 Å². The molecule has 3 aliphatic heterocycles. The second-order valence-corrected chi connectivity index (χ2v) is 38.1. The Labute approximate surface area is 855 Å². The van der Waals surface area contributed by atoms with Crippen molar-refractivity contribution in [2.75, 3.05) is 55.8 Å². The molecule has 0 saturated carbocycles. The van der Waals surface area contributed by atoms with Crippen LogP contribution in [0.3, 0.4) is 0 Å². The summed E-state index contributed by atoms with van der Waals surface area (Å²) in [4.78, 5) is 190. The number of carbonyl (C=O) groups is 12. The number of halogens is 9. The van der Waals surface area contributed by atoms with Gasteiger partial charge in [0.25, 0.3) is 11.8 Å². The van der Waals surface area contributed by atoms with Gasteiger partial charge in [0.05, 0.1) is 28.5 Å². The summed E-state index contributed by atoms with van der Waals surface area (Å²) in [7, 11) is 0. The highest BCUT2D eigenvalue weighted by atomic mass is 19.4. The molecule has 0 aliphatic carbocycles. The molecule has 0 spiro atoms. The van der Waals surface area contributed by atoms with Gasteiger partial charge in [-0.3, -0.25) is 43.5 Å². The molecule has 44 nitrogen and oxygen atoms in total. The van der Waals surface area contributed by atoms with Crippen LogP contribution >= 0.6 is 0 Å². The number of aliphatic hydroxyl groups excluding tert-OH is 1. The fraction of sp³-hybridized carbons (Fsp3) is 0.536. The zero-order chi connectivity index (χ0) is 112. The molecule has 13 N–H and O–H groups in total. The van der Waals surface area contributed by atoms with E-state index in [1.807, 2.05) is 32.9 Å². The van der Waals surface area contributed by atoms with E-state index in [0.29, 0.717) is 89.4 Å². The number of esters is 2. The molecular weight excluding hydrogens is 2010 g/mol. The molecule has 7 heterocycles. The third-order valence-electron chi connectivity index (χ3n) is 21.1. The number of nitrogen functional groups attached to an aromatic ring is 1. The summed E-state index contributed by atoms with van der Waals surface area (Å²) in [6.45, 7) is 23.8. The average molecular weight is 2140 g/mol. The molecule has 7 aromatic rings. The number of alkyl carbamates (subject to hydrolysis) is 2. The first kappa shape index (κ1) is 124. The van der Waals surface area contributed by atoms with Gasteiger partial charge in [0.2, 0.25) is 42.7 Å². The summed E-state index contributed by atoms with van der Waals surface area (Å²) in [5.41, 5.74) is 8.51. The first-order valence-corrected chi connectivity index (χ1v) is 47.3. The van der Waals surface area contributed by atoms with Crippen molar-refractivity contribution in [2.24, 2.45) is 17.6 Å². The number of benzene rings is 3. The third-order valence-corrected chi connectivity index (χ3v) is 21.1. The average Bonchev–Trinajstić information content (AvgIpc) is 1.63. The van der Waals surface area contributed by atoms with E-state index in [2.05, 4.69) is 57.2 Å². The number of hydrogen-bond donors (Lipinski definition) is 11. The number of nitrogens with zero attached hydrogens (tertiary/aromatic N) is 8. The van der Waals surface area contributed by atoms with E-state index in [1.165, 1.54) is 50.8 Å². The molecule has 9 atom stereocenters. The highest BCUT2D eigenvalue weighted by Crippen LogP contribution is 2.48. The summed E-state index contributed by atoms with van der Waals surface area (Å²) in [6.07, 6.45) is -8.11. The normalized spacial score (nSPS) is 18.3. The number of carboxylic acids is 1. The van der Waals surface area contributed by atoms with E-state index < -0.39 is 187 Å². The number of imidazole rings is 1. The molecule has 826 valence electrons. The van der Waals surface area contributed by atoms with Crippen LogP contribution in [-0.4, -0.2) is 231 Å². The van der Waals surface area contributed by atoms with Gasteiger partial charge in [-0.25, -0.2) is 79.9 Å². The standard InChI is InChI=1S/C34H47F2N5O9.C24H29F2N5O8.C19H23F2N5O6.C18H28N2O3.C2HF3O/c1-21-24(48-28(34(21,35)36)41-18-16-25(39-29(41)44)40-31(46)50-33(5,6)7)20-47-30(45)37-17-10-8-9-11-26(42)38-19-22-12-14-23(15-13-22)27(43)49-32(2,3)4;25-24(26)19(33)16(39-21(24)31-11-9-17(27)30-22(31)36)13-38-23(37)28-10-3-1-2-4-18(32)29-12-14-5-7-15(8-6-14)20(34)35;1-11-12(9-30-17(29)25-8-6-22-10-25)31-14(19(11,20)21)26-7-5-13(23-15(26)27)24-16(28)32-18(2,3)4;1-18(2,3)23-17(22)15-10-8-14(9-11-15)13-20-16(21)7-5-4-6-12-19;3-2(4,5)1-6/h12-16,18,21,24,28H,8-11,17,19-20H2,1-7H3,(H,37,45)(H,38,42)(H,39,40,44,46);5-9,11,16,19,21,33H,1-4,10,12-13H2,(H,28,37)(H,29,32)(H,34,35)(H2,27,30,36);5-8,10-12,14H,9H2,1-4H3,(H,23,24,27,28);8-11H,4-7,12-13,19H2,1-3H3,(H,20,21);1H/t21-,24+,28+;16-,19+,21-;11-,12+,14+;;/m010../s1. The van der Waals surface area contributed by atoms with Crippen molar-refractivity contribution in [2.45, 2.75) is 283 Å². The van der Waals surface area contributed by atoms with E-state index in [0.717, 1.165) is 71.2 Å². The van der Waals surface area contributed by atoms with Gasteiger partial charge in [0.15, 0.2) is 6.10 Å². The molecule has 0 radical (unpaired) electrons. The van der Waals surface area contributed by atoms with Crippen molar-refractivity contribution in [3.63, 3.8) is 0 Å². The van der Waals surface area contributed by atoms with E-state index in [9.17, 15) is 103 Å². The Balaban J connectivity index is 0.000000309. The number of alkyl halides is 9. The van der Waals surface area contributed by atoms with Gasteiger partial charge in [-0.15, -0.1) is 0 Å². The quantitative estimate of drug-likeness (QED) is 0.00566. The van der Waals surface area contributed by atoms with Gasteiger partial charge in [-0.05, 0) is 199 Å². The second-order valence-electron chi connectivity index (χ2n) is 38.1. The van der Waals surface area contributed by atoms with Crippen LogP contribution in [-0.2, 0) is 86.2 Å². The van der Waals surface area contributed by atoms with Crippen molar-refractivity contribution in [1.82, 2.24) is 64.8 Å². The number of carbonyl (C=O) groups excluding carboxylic acids is 11. The van der Waals surface area contributed by atoms with Gasteiger partial charge in [0.1, 0.15) is 84.3 Å². The number of nitrogens with two attached hydrogens (primary N) is 2. The highest BCUT2D eigenvalue weighted by molar-refractivity contribution is 5.91. The van der Waals surface area contributed by atoms with Gasteiger partial charge in [-0.1, -0.05) is 69.5 Å². The largest absolute Gasteiger partial charge is 0.478 e. The number of ether oxygens (including phenoxy) is 10. The van der Waals surface area contributed by atoms with Crippen LogP contribution in [0.4, 0.5) is 80.9 Å². The smallest absolute Gasteiger partial charge is 0.446 e. The number of hydrogen-bond acceptors (Lipinski definition) is 32. The minimum Gasteiger partial charge on any atom is -0.478 e. The number of anilines is 3. The van der Waals surface area contributed by atoms with E-state index in [-0.39, 0.29) is 79.2 Å². The summed E-state index contributed by atoms with van der Waals surface area (Å²) < 4.78 is 175. The molecule has 7 amide bonds. The number of aromatic carboxylic acids is 1. The number of rotatable bonds is 37. The Hall–Kier alpha value is -14.5. The van der Waals surface area contributed by atoms with Gasteiger partial charge in [0, 0.05) is 83.0 Å². The lowest BCUT2D eigenvalue weighted by molar-refractivity contribution is -0.156. The molecule has 0 bridgehead atoms. The predicted molar refractivity (Wildman–Crippen MR) is 517 cm³/mol. The minimum atomic E-state index is -4.64. The fourth-order valence-corrected chi connectivity index (χ4v) is 13.4. The van der Waals surface area contributed by atoms with E-state index >= 15 is 8.78 Å². The first-order valence-electron chi connectivity index (χ1n) is 47.3. The van der Waals surface area contributed by atoms with Crippen molar-refractivity contribution in [1.29, 1.82) is 0 Å². The van der Waals surface area contributed by atoms with Crippen LogP contribution in [0.5, 0.6) is 0 Å². The number of unbranched alkanes of at least 4 members (excludes halogenated alkanes) is 6. The SMILES string of the molecule is CC(C)(C)OC(=O)c1ccc(CNC(=O)CCCCCN)cc1.C[C@H]1[C@@H](COC(=O)NCCCCCC(=O)NCc2ccc(C(=O)OC(C)(C)C)cc2)O[C@@H](n2ccc(NC(=O)OC(C)(C)C)nc2=O)C1(F)F.C[C@H]1[C@@H](COC(=O)n2ccnc2)O[C@@H](n2ccc(NC(=O)OC(C)(C)C)nc2=O)C1(F)F.Nc1ccn([C@@H]2O[C@H](COC(=O)NCCCCCC(=O)NCc3ccc(C(=O)O)cc3)[C@H](O)C2(F)F)c(=O)n1.O=CC(F)(F)F. The molecule has 4 aromatic heterocycles. The Bertz CT molecular complexity index is 5820. The number of aliphatic hydroxyl groups is 1. The Kier molecular flexibility index (Phi) is 47.0. The topological polar surface area (TPSA) is 596 Å². The lowest BCUT2D eigenvalue weighted by Crippen LogP contribution is -2.42. The van der Waals surface area contributed by atoms with E-state index in [4.69, 9.17) is 68.7 Å². The summed E-state index contributed by atoms with van der Waals surface area (Å²) in [5.74, 6) is -16.2. The molecule has 0 unspecified atom stereocenters. The van der Waals surface area contributed by atoms with Gasteiger partial charge >= 0.3 is 77.5 Å². The molecular formula is C97H128F9N17O27. The number of aromatic nitrogens is 8. The van der Waals surface area contributed by atoms with Crippen molar-refractivity contribution in [3.05, 3.63) is 193 Å².